The summed E-state index contributed by atoms with van der Waals surface area (Å²) in [7, 11) is 3.94. The Hall–Kier alpha value is -4.99. The Labute approximate surface area is 811 Å². The van der Waals surface area contributed by atoms with Crippen molar-refractivity contribution < 1.29 is 38.3 Å². The first kappa shape index (κ1) is 118. The van der Waals surface area contributed by atoms with Crippen LogP contribution in [0.15, 0.2) is 54.6 Å². The van der Waals surface area contributed by atoms with Gasteiger partial charge >= 0.3 is 0 Å². The molecule has 0 aliphatic rings. The van der Waals surface area contributed by atoms with E-state index in [4.69, 9.17) is 28.4 Å². The largest absolute Gasteiger partial charge is 0.506 e. The number of hydrogen-bond acceptors (Lipinski definition) is 8. The van der Waals surface area contributed by atoms with Crippen LogP contribution < -0.4 is 28.4 Å². The number of nitrogens with zero attached hydrogens (tertiary/aromatic N) is 2. The van der Waals surface area contributed by atoms with Crippen LogP contribution in [-0.4, -0.2) is 59.7 Å². The zero-order chi connectivity index (χ0) is 93.5. The zero-order valence-corrected chi connectivity index (χ0v) is 88.0. The number of carbonyl (C=O) groups excluding carboxylic acids is 1. The summed E-state index contributed by atoms with van der Waals surface area (Å²) in [5, 5.41) is 12.3. The molecule has 2 aromatic heterocycles. The van der Waals surface area contributed by atoms with Gasteiger partial charge in [-0.15, -0.1) is 0 Å². The van der Waals surface area contributed by atoms with Crippen molar-refractivity contribution in [2.24, 2.45) is 14.1 Å². The van der Waals surface area contributed by atoms with Crippen molar-refractivity contribution in [3.8, 4) is 57.0 Å². The van der Waals surface area contributed by atoms with Gasteiger partial charge in [0.2, 0.25) is 17.3 Å². The lowest BCUT2D eigenvalue weighted by Gasteiger charge is -2.19. The van der Waals surface area contributed by atoms with Crippen LogP contribution in [0.4, 0.5) is 0 Å². The summed E-state index contributed by atoms with van der Waals surface area (Å²) in [6, 6.07) is 16.4. The molecule has 0 saturated heterocycles. The molecular weight excluding hydrogens is 1610 g/mol. The van der Waals surface area contributed by atoms with Crippen LogP contribution in [0, 0.1) is 0 Å². The first-order valence-electron chi connectivity index (χ1n) is 58.1. The fraction of sp³-hybridized carbons (Fsp3) is 0.810. The van der Waals surface area contributed by atoms with Gasteiger partial charge in [-0.1, -0.05) is 542 Å². The third-order valence-electron chi connectivity index (χ3n) is 28.2. The number of benzene rings is 2. The average Bonchev–Trinajstić information content (AvgIpc) is 1.70. The van der Waals surface area contributed by atoms with Crippen molar-refractivity contribution in [3.63, 3.8) is 0 Å². The lowest BCUT2D eigenvalue weighted by Crippen LogP contribution is -2.08. The quantitative estimate of drug-likeness (QED) is 0.0202. The monoisotopic (exact) mass is 1820 g/mol. The van der Waals surface area contributed by atoms with E-state index in [0.717, 1.165) is 99.6 Å². The molecule has 756 valence electrons. The molecule has 0 atom stereocenters. The third kappa shape index (κ3) is 61.8. The number of unbranched alkanes of at least 4 members (excludes halogenated alkanes) is 78. The molecule has 10 heteroatoms. The second kappa shape index (κ2) is 87.8. The number of hydrogen-bond donors (Lipinski definition) is 1. The van der Waals surface area contributed by atoms with Gasteiger partial charge in [-0.3, -0.25) is 4.79 Å². The highest BCUT2D eigenvalue weighted by molar-refractivity contribution is 6.07. The smallest absolute Gasteiger partial charge is 0.205 e. The molecule has 0 saturated carbocycles. The van der Waals surface area contributed by atoms with Crippen molar-refractivity contribution in [2.75, 3.05) is 39.6 Å². The molecule has 10 nitrogen and oxygen atoms in total. The topological polar surface area (TPSA) is 103 Å². The average molecular weight is 1830 g/mol. The van der Waals surface area contributed by atoms with Crippen molar-refractivity contribution >= 4 is 11.5 Å². The van der Waals surface area contributed by atoms with Crippen molar-refractivity contribution in [1.82, 2.24) is 9.13 Å². The molecule has 131 heavy (non-hydrogen) atoms. The predicted molar refractivity (Wildman–Crippen MR) is 571 cm³/mol. The van der Waals surface area contributed by atoms with Gasteiger partial charge in [0.05, 0.1) is 51.0 Å². The zero-order valence-electron chi connectivity index (χ0n) is 88.0. The Morgan fingerprint density at radius 3 is 0.557 bits per heavy atom. The van der Waals surface area contributed by atoms with Crippen molar-refractivity contribution in [2.45, 2.75) is 581 Å². The Kier molecular flexibility index (Phi) is 79.3. The number of ketones is 1. The van der Waals surface area contributed by atoms with Crippen LogP contribution >= 0.6 is 0 Å². The van der Waals surface area contributed by atoms with Crippen LogP contribution in [0.5, 0.6) is 34.5 Å². The van der Waals surface area contributed by atoms with E-state index in [9.17, 15) is 9.90 Å². The highest BCUT2D eigenvalue weighted by atomic mass is 16.5. The van der Waals surface area contributed by atoms with E-state index in [0.29, 0.717) is 85.5 Å². The molecular formula is C121H214N2O8. The molecule has 4 rings (SSSR count). The molecule has 0 amide bonds. The highest BCUT2D eigenvalue weighted by Gasteiger charge is 2.24. The van der Waals surface area contributed by atoms with Crippen LogP contribution in [0.3, 0.4) is 0 Å². The van der Waals surface area contributed by atoms with Crippen LogP contribution in [0.1, 0.15) is 597 Å². The normalized spacial score (nSPS) is 11.8. The Morgan fingerprint density at radius 2 is 0.374 bits per heavy atom. The maximum Gasteiger partial charge on any atom is 0.205 e. The molecule has 0 unspecified atom stereocenters. The van der Waals surface area contributed by atoms with Crippen molar-refractivity contribution in [3.05, 3.63) is 66.0 Å². The second-order valence-corrected chi connectivity index (χ2v) is 40.5. The first-order valence-corrected chi connectivity index (χ1v) is 58.1. The Balaban J connectivity index is 1.62. The molecule has 4 aromatic rings. The van der Waals surface area contributed by atoms with Gasteiger partial charge < -0.3 is 42.7 Å². The molecule has 0 bridgehead atoms. The minimum absolute atomic E-state index is 0.0955. The van der Waals surface area contributed by atoms with Gasteiger partial charge in [0.15, 0.2) is 23.0 Å². The summed E-state index contributed by atoms with van der Waals surface area (Å²) in [5.74, 6) is 3.87. The van der Waals surface area contributed by atoms with E-state index in [2.05, 4.69) is 71.9 Å². The fourth-order valence-corrected chi connectivity index (χ4v) is 19.4. The maximum absolute atomic E-state index is 14.9. The SMILES string of the molecule is CCCCCCCCCCCCCCCCOc1cc(-c2ccc(C(=O)/C=C(\O)c3ccc(-c4cc(OCCCCCCCCCCCCCCCC)c(OCCCCCCCCCCCCCCCC)c(OCCCCCCCCCCCCCCCC)c4)n3C)n2C)cc(OCCCCCCCCCCCCCCCC)c1OCCCCCCCCCCCCCCCC. The van der Waals surface area contributed by atoms with E-state index in [1.807, 2.05) is 41.4 Å². The standard InChI is InChI=1S/C121H214N2O8/c1-9-15-21-27-33-39-45-51-57-63-69-75-81-87-97-126-116-103-108(104-117(127-98-88-82-76-70-64-58-52-46-40-34-28-22-16-10-2)120(116)130-101-91-85-79-73-67-61-55-49-43-37-31-25-19-13-5)110-93-95-112(122(110)7)114(124)107-115(125)113-96-94-111(123(113)8)109-105-118(128-99-89-83-77-71-65-59-53-47-41-35-29-23-17-11-3)121(131-102-92-86-80-74-68-62-56-50-44-38-32-26-20-14-6)119(106-109)129-100-90-84-78-72-66-60-54-48-42-36-30-24-18-12-4/h93-96,103-107,124H,9-92,97-102H2,1-8H3/b114-107-. The number of aliphatic hydroxyl groups is 1. The molecule has 0 radical (unpaired) electrons. The molecule has 0 spiro atoms. The van der Waals surface area contributed by atoms with E-state index in [1.165, 1.54) is 468 Å². The van der Waals surface area contributed by atoms with Crippen molar-refractivity contribution in [1.29, 1.82) is 0 Å². The molecule has 1 N–H and O–H groups in total. The van der Waals surface area contributed by atoms with Gasteiger partial charge in [0.1, 0.15) is 5.76 Å². The molecule has 0 fully saturated rings. The summed E-state index contributed by atoms with van der Waals surface area (Å²) in [4.78, 5) is 14.9. The highest BCUT2D eigenvalue weighted by Crippen LogP contribution is 2.45. The van der Waals surface area contributed by atoms with E-state index < -0.39 is 0 Å². The molecule has 2 aromatic carbocycles. The lowest BCUT2D eigenvalue weighted by molar-refractivity contribution is 0.103. The minimum Gasteiger partial charge on any atom is -0.506 e. The second-order valence-electron chi connectivity index (χ2n) is 40.5. The van der Waals surface area contributed by atoms with Crippen LogP contribution in [0.25, 0.3) is 28.3 Å². The number of rotatable bonds is 101. The van der Waals surface area contributed by atoms with Gasteiger partial charge in [0, 0.05) is 42.7 Å². The van der Waals surface area contributed by atoms with Crippen LogP contribution in [0.2, 0.25) is 0 Å². The van der Waals surface area contributed by atoms with Gasteiger partial charge in [0.25, 0.3) is 0 Å². The van der Waals surface area contributed by atoms with Gasteiger partial charge in [-0.05, 0) is 87.1 Å². The summed E-state index contributed by atoms with van der Waals surface area (Å²) < 4.78 is 45.5. The Morgan fingerprint density at radius 1 is 0.221 bits per heavy atom. The minimum atomic E-state index is -0.283. The van der Waals surface area contributed by atoms with Crippen LogP contribution in [-0.2, 0) is 14.1 Å². The summed E-state index contributed by atoms with van der Waals surface area (Å²) in [6.07, 6.45) is 111. The third-order valence-corrected chi connectivity index (χ3v) is 28.2. The number of aliphatic hydroxyl groups excluding tert-OH is 1. The number of ether oxygens (including phenoxy) is 6. The fourth-order valence-electron chi connectivity index (χ4n) is 19.4. The molecule has 0 aliphatic carbocycles. The summed E-state index contributed by atoms with van der Waals surface area (Å²) in [6.45, 7) is 17.4. The van der Waals surface area contributed by atoms with Gasteiger partial charge in [-0.2, -0.15) is 0 Å². The maximum atomic E-state index is 14.9. The first-order chi connectivity index (χ1) is 64.7. The van der Waals surface area contributed by atoms with E-state index in [1.54, 1.807) is 0 Å². The number of carbonyl (C=O) groups is 1. The lowest BCUT2D eigenvalue weighted by atomic mass is 10.0. The number of allylic oxidation sites excluding steroid dienone is 1. The summed E-state index contributed by atoms with van der Waals surface area (Å²) >= 11 is 0. The Bertz CT molecular complexity index is 3100. The summed E-state index contributed by atoms with van der Waals surface area (Å²) in [5.41, 5.74) is 4.57. The molecule has 2 heterocycles. The molecule has 0 aliphatic heterocycles. The van der Waals surface area contributed by atoms with E-state index >= 15 is 0 Å². The van der Waals surface area contributed by atoms with Gasteiger partial charge in [-0.25, -0.2) is 0 Å². The van der Waals surface area contributed by atoms with E-state index in [-0.39, 0.29) is 11.5 Å². The predicted octanol–water partition coefficient (Wildman–Crippen LogP) is 40.6. The number of aromatic nitrogens is 2.